The highest BCUT2D eigenvalue weighted by atomic mass is 32.2. The van der Waals surface area contributed by atoms with E-state index in [0.29, 0.717) is 0 Å². The number of hydrogen-bond acceptors (Lipinski definition) is 3. The first-order valence-electron chi connectivity index (χ1n) is 7.10. The Morgan fingerprint density at radius 1 is 1.11 bits per heavy atom. The van der Waals surface area contributed by atoms with E-state index in [0.717, 1.165) is 19.6 Å². The largest absolute Gasteiger partial charge is 0.315 e. The molecule has 1 N–H and O–H groups in total. The maximum atomic E-state index is 3.52. The van der Waals surface area contributed by atoms with E-state index in [1.54, 1.807) is 0 Å². The summed E-state index contributed by atoms with van der Waals surface area (Å²) >= 11 is 1.94. The van der Waals surface area contributed by atoms with E-state index in [1.165, 1.54) is 17.1 Å². The minimum atomic E-state index is 0.269. The molecule has 0 saturated heterocycles. The average Bonchev–Trinajstić information content (AvgIpc) is 2.37. The fourth-order valence-corrected chi connectivity index (χ4v) is 2.49. The van der Waals surface area contributed by atoms with Gasteiger partial charge in [-0.25, -0.2) is 0 Å². The molecule has 0 aliphatic carbocycles. The van der Waals surface area contributed by atoms with E-state index < -0.39 is 0 Å². The summed E-state index contributed by atoms with van der Waals surface area (Å²) in [6, 6.07) is 10.6. The number of thioether (sulfide) groups is 1. The summed E-state index contributed by atoms with van der Waals surface area (Å²) in [5, 5.41) is 3.52. The van der Waals surface area contributed by atoms with Gasteiger partial charge in [0.05, 0.1) is 0 Å². The molecule has 0 aromatic heterocycles. The fraction of sp³-hybridized carbons (Fsp3) is 0.625. The van der Waals surface area contributed by atoms with Crippen molar-refractivity contribution >= 4 is 11.8 Å². The Kier molecular flexibility index (Phi) is 7.51. The monoisotopic (exact) mass is 280 g/mol. The van der Waals surface area contributed by atoms with Crippen LogP contribution < -0.4 is 5.32 Å². The Balaban J connectivity index is 1.97. The third kappa shape index (κ3) is 7.61. The van der Waals surface area contributed by atoms with Gasteiger partial charge in [0.15, 0.2) is 0 Å². The topological polar surface area (TPSA) is 15.3 Å². The third-order valence-corrected chi connectivity index (χ3v) is 4.38. The molecule has 108 valence electrons. The van der Waals surface area contributed by atoms with Gasteiger partial charge in [-0.05, 0) is 58.7 Å². The van der Waals surface area contributed by atoms with E-state index in [9.17, 15) is 0 Å². The van der Waals surface area contributed by atoms with Crippen LogP contribution >= 0.6 is 11.8 Å². The molecule has 0 heterocycles. The molecule has 1 aromatic rings. The van der Waals surface area contributed by atoms with Crippen LogP contribution in [0, 0.1) is 0 Å². The van der Waals surface area contributed by atoms with Crippen LogP contribution in [0.1, 0.15) is 27.2 Å². The number of likely N-dealkylation sites (N-methyl/N-ethyl adjacent to an activating group) is 1. The molecule has 0 fully saturated rings. The minimum Gasteiger partial charge on any atom is -0.315 e. The Morgan fingerprint density at radius 2 is 1.79 bits per heavy atom. The zero-order chi connectivity index (χ0) is 14.1. The number of hydrogen-bond donors (Lipinski definition) is 1. The van der Waals surface area contributed by atoms with Crippen molar-refractivity contribution in [1.29, 1.82) is 0 Å². The second kappa shape index (κ2) is 8.62. The molecule has 2 nitrogen and oxygen atoms in total. The lowest BCUT2D eigenvalue weighted by Crippen LogP contribution is -2.42. The van der Waals surface area contributed by atoms with Crippen molar-refractivity contribution in [3.63, 3.8) is 0 Å². The van der Waals surface area contributed by atoms with Gasteiger partial charge in [-0.2, -0.15) is 0 Å². The number of rotatable bonds is 8. The average molecular weight is 280 g/mol. The van der Waals surface area contributed by atoms with Gasteiger partial charge >= 0.3 is 0 Å². The van der Waals surface area contributed by atoms with Gasteiger partial charge in [0.1, 0.15) is 0 Å². The Bertz CT molecular complexity index is 332. The highest BCUT2D eigenvalue weighted by Gasteiger charge is 2.15. The van der Waals surface area contributed by atoms with E-state index in [2.05, 4.69) is 68.4 Å². The molecular weight excluding hydrogens is 252 g/mol. The summed E-state index contributed by atoms with van der Waals surface area (Å²) in [6.07, 6.45) is 1.22. The lowest BCUT2D eigenvalue weighted by Gasteiger charge is -2.31. The van der Waals surface area contributed by atoms with E-state index >= 15 is 0 Å². The quantitative estimate of drug-likeness (QED) is 0.580. The van der Waals surface area contributed by atoms with Gasteiger partial charge in [-0.15, -0.1) is 11.8 Å². The zero-order valence-corrected chi connectivity index (χ0v) is 13.6. The maximum absolute atomic E-state index is 3.52. The molecule has 1 aromatic carbocycles. The van der Waals surface area contributed by atoms with Gasteiger partial charge < -0.3 is 10.2 Å². The first kappa shape index (κ1) is 16.5. The predicted molar refractivity (Wildman–Crippen MR) is 87.0 cm³/mol. The SMILES string of the molecule is CN(CCNCCCSc1ccccc1)C(C)(C)C. The first-order valence-corrected chi connectivity index (χ1v) is 8.08. The smallest absolute Gasteiger partial charge is 0.0122 e. The fourth-order valence-electron chi connectivity index (χ4n) is 1.61. The van der Waals surface area contributed by atoms with Crippen molar-refractivity contribution in [1.82, 2.24) is 10.2 Å². The zero-order valence-electron chi connectivity index (χ0n) is 12.8. The van der Waals surface area contributed by atoms with Crippen molar-refractivity contribution in [3.05, 3.63) is 30.3 Å². The van der Waals surface area contributed by atoms with Crippen LogP contribution in [0.2, 0.25) is 0 Å². The summed E-state index contributed by atoms with van der Waals surface area (Å²) < 4.78 is 0. The molecule has 0 aliphatic rings. The van der Waals surface area contributed by atoms with Gasteiger partial charge in [-0.3, -0.25) is 0 Å². The Labute approximate surface area is 123 Å². The van der Waals surface area contributed by atoms with Crippen molar-refractivity contribution in [3.8, 4) is 0 Å². The second-order valence-electron chi connectivity index (χ2n) is 5.86. The van der Waals surface area contributed by atoms with Crippen molar-refractivity contribution in [2.24, 2.45) is 0 Å². The number of benzene rings is 1. The normalized spacial score (nSPS) is 12.1. The number of nitrogens with zero attached hydrogens (tertiary/aromatic N) is 1. The van der Waals surface area contributed by atoms with Crippen LogP contribution in [0.4, 0.5) is 0 Å². The highest BCUT2D eigenvalue weighted by molar-refractivity contribution is 7.99. The lowest BCUT2D eigenvalue weighted by molar-refractivity contribution is 0.177. The molecule has 0 saturated carbocycles. The van der Waals surface area contributed by atoms with Gasteiger partial charge in [0.25, 0.3) is 0 Å². The summed E-state index contributed by atoms with van der Waals surface area (Å²) in [5.41, 5.74) is 0.269. The molecule has 0 bridgehead atoms. The highest BCUT2D eigenvalue weighted by Crippen LogP contribution is 2.17. The van der Waals surface area contributed by atoms with E-state index in [1.807, 2.05) is 11.8 Å². The summed E-state index contributed by atoms with van der Waals surface area (Å²) in [4.78, 5) is 3.76. The molecule has 0 radical (unpaired) electrons. The number of nitrogens with one attached hydrogen (secondary N) is 1. The van der Waals surface area contributed by atoms with Crippen LogP contribution in [0.5, 0.6) is 0 Å². The third-order valence-electron chi connectivity index (χ3n) is 3.28. The molecule has 19 heavy (non-hydrogen) atoms. The van der Waals surface area contributed by atoms with Crippen molar-refractivity contribution in [2.45, 2.75) is 37.6 Å². The standard InChI is InChI=1S/C16H28N2S/c1-16(2,3)18(4)13-12-17-11-8-14-19-15-9-6-5-7-10-15/h5-7,9-10,17H,8,11-14H2,1-4H3. The van der Waals surface area contributed by atoms with Gasteiger partial charge in [0, 0.05) is 23.5 Å². The maximum Gasteiger partial charge on any atom is 0.0122 e. The second-order valence-corrected chi connectivity index (χ2v) is 7.03. The van der Waals surface area contributed by atoms with Crippen LogP contribution in [0.25, 0.3) is 0 Å². The van der Waals surface area contributed by atoms with E-state index in [-0.39, 0.29) is 5.54 Å². The Hall–Kier alpha value is -0.510. The molecule has 0 amide bonds. The minimum absolute atomic E-state index is 0.269. The summed E-state index contributed by atoms with van der Waals surface area (Å²) in [7, 11) is 2.19. The van der Waals surface area contributed by atoms with Crippen LogP contribution in [-0.2, 0) is 0 Å². The molecule has 0 spiro atoms. The van der Waals surface area contributed by atoms with Crippen molar-refractivity contribution < 1.29 is 0 Å². The molecule has 0 unspecified atom stereocenters. The van der Waals surface area contributed by atoms with Crippen LogP contribution in [0.15, 0.2) is 35.2 Å². The molecule has 3 heteroatoms. The first-order chi connectivity index (χ1) is 9.00. The van der Waals surface area contributed by atoms with Gasteiger partial charge in [0.2, 0.25) is 0 Å². The predicted octanol–water partition coefficient (Wildman–Crippen LogP) is 3.49. The summed E-state index contributed by atoms with van der Waals surface area (Å²) in [6.45, 7) is 10.0. The summed E-state index contributed by atoms with van der Waals surface area (Å²) in [5.74, 6) is 1.19. The molecule has 0 aliphatic heterocycles. The van der Waals surface area contributed by atoms with Crippen LogP contribution in [-0.4, -0.2) is 42.9 Å². The van der Waals surface area contributed by atoms with Crippen molar-refractivity contribution in [2.75, 3.05) is 32.4 Å². The Morgan fingerprint density at radius 3 is 2.42 bits per heavy atom. The van der Waals surface area contributed by atoms with E-state index in [4.69, 9.17) is 0 Å². The van der Waals surface area contributed by atoms with Gasteiger partial charge in [-0.1, -0.05) is 18.2 Å². The molecule has 1 rings (SSSR count). The molecule has 0 atom stereocenters. The van der Waals surface area contributed by atoms with Crippen LogP contribution in [0.3, 0.4) is 0 Å². The lowest BCUT2D eigenvalue weighted by atomic mass is 10.1. The molecular formula is C16H28N2S.